The molecule has 2 aromatic carbocycles. The van der Waals surface area contributed by atoms with Crippen LogP contribution in [0.25, 0.3) is 0 Å². The van der Waals surface area contributed by atoms with E-state index in [0.717, 1.165) is 8.61 Å². The Hall–Kier alpha value is -9.16. The first-order valence-electron chi connectivity index (χ1n) is 41.2. The van der Waals surface area contributed by atoms with Gasteiger partial charge in [-0.05, 0) is 100 Å². The number of piperazine rings is 2. The molecule has 0 saturated carbocycles. The average Bonchev–Trinajstić information content (AvgIpc) is 1.62. The highest BCUT2D eigenvalue weighted by Crippen LogP contribution is 2.44. The van der Waals surface area contributed by atoms with Crippen LogP contribution in [0.3, 0.4) is 0 Å². The summed E-state index contributed by atoms with van der Waals surface area (Å²) in [5.41, 5.74) is 0.768. The fourth-order valence-corrected chi connectivity index (χ4v) is 19.4. The number of nitrogens with zero attached hydrogens (tertiary/aromatic N) is 8. The van der Waals surface area contributed by atoms with Crippen LogP contribution in [0, 0.1) is 5.41 Å². The molecule has 4 aliphatic rings. The second-order valence-electron chi connectivity index (χ2n) is 31.2. The third-order valence-electron chi connectivity index (χ3n) is 20.1. The summed E-state index contributed by atoms with van der Waals surface area (Å²) in [4.78, 5) is 142. The van der Waals surface area contributed by atoms with Gasteiger partial charge in [0.15, 0.2) is 0 Å². The molecule has 6 heterocycles. The lowest BCUT2D eigenvalue weighted by Gasteiger charge is -2.34. The molecule has 8 N–H and O–H groups in total. The summed E-state index contributed by atoms with van der Waals surface area (Å²) in [6, 6.07) is 12.1. The molecule has 40 nitrogen and oxygen atoms in total. The Balaban J connectivity index is 0.526. The first-order valence-corrected chi connectivity index (χ1v) is 46.1. The Morgan fingerprint density at radius 3 is 1.13 bits per heavy atom. The van der Waals surface area contributed by atoms with Gasteiger partial charge in [0, 0.05) is 157 Å². The minimum Gasteiger partial charge on any atom is -0.480 e. The molecule has 10 amide bonds. The number of hydrogen-bond donors (Lipinski definition) is 8. The van der Waals surface area contributed by atoms with Crippen LogP contribution in [0.4, 0.5) is 19.2 Å². The smallest absolute Gasteiger partial charge is 0.415 e. The molecule has 692 valence electrons. The van der Waals surface area contributed by atoms with Gasteiger partial charge >= 0.3 is 36.2 Å². The van der Waals surface area contributed by atoms with Crippen LogP contribution in [0.5, 0.6) is 11.5 Å². The van der Waals surface area contributed by atoms with Crippen molar-refractivity contribution < 1.29 is 122 Å². The number of hydrogen-bond acceptors (Lipinski definition) is 28. The maximum atomic E-state index is 13.7. The van der Waals surface area contributed by atoms with E-state index >= 15 is 0 Å². The molecule has 125 heavy (non-hydrogen) atoms. The Bertz CT molecular complexity index is 4080. The number of rotatable bonds is 52. The van der Waals surface area contributed by atoms with Gasteiger partial charge in [-0.1, -0.05) is 38.1 Å². The van der Waals surface area contributed by atoms with Gasteiger partial charge in [0.25, 0.3) is 0 Å². The van der Waals surface area contributed by atoms with Gasteiger partial charge in [-0.15, -0.1) is 23.5 Å². The van der Waals surface area contributed by atoms with E-state index in [9.17, 15) is 75.0 Å². The van der Waals surface area contributed by atoms with Crippen molar-refractivity contribution >= 4 is 103 Å². The molecule has 4 aliphatic heterocycles. The van der Waals surface area contributed by atoms with Gasteiger partial charge in [-0.25, -0.2) is 45.6 Å². The lowest BCUT2D eigenvalue weighted by molar-refractivity contribution is -0.142. The van der Waals surface area contributed by atoms with E-state index in [-0.39, 0.29) is 206 Å². The van der Waals surface area contributed by atoms with E-state index < -0.39 is 89.6 Å². The van der Waals surface area contributed by atoms with Crippen molar-refractivity contribution in [2.24, 2.45) is 5.41 Å². The van der Waals surface area contributed by atoms with Crippen LogP contribution >= 0.6 is 23.5 Å². The van der Waals surface area contributed by atoms with Crippen LogP contribution in [-0.2, 0) is 99.6 Å². The molecule has 4 aromatic rings. The van der Waals surface area contributed by atoms with E-state index in [0.29, 0.717) is 89.9 Å². The second-order valence-corrected chi connectivity index (χ2v) is 38.2. The number of sulfonamides is 2. The second kappa shape index (κ2) is 51.0. The van der Waals surface area contributed by atoms with Gasteiger partial charge < -0.3 is 109 Å². The fourth-order valence-electron chi connectivity index (χ4n) is 13.1. The molecule has 4 fully saturated rings. The topological polar surface area (TPSA) is 489 Å². The zero-order chi connectivity index (χ0) is 90.4. The Labute approximate surface area is 737 Å². The number of aromatic nitrogens is 2. The molecule has 0 spiro atoms. The first kappa shape index (κ1) is 101. The summed E-state index contributed by atoms with van der Waals surface area (Å²) < 4.78 is 111. The molecule has 2 aromatic heterocycles. The lowest BCUT2D eigenvalue weighted by atomic mass is 9.96. The van der Waals surface area contributed by atoms with E-state index in [1.54, 1.807) is 61.8 Å². The van der Waals surface area contributed by atoms with E-state index in [1.807, 2.05) is 13.8 Å². The summed E-state index contributed by atoms with van der Waals surface area (Å²) in [5.74, 6) is -4.10. The SMILES string of the molecule is CC(C)(COCCOCCCNC(=O)CCOCCOCCNC(=O)N1CCN(C(=O)Oc2ccc(C[C@H](NC(=O)C3N(S(=O)(=O)c4cccnc4)CSC3(C)C)C(=O)O)cc2)CC1)COCCOCCCNC(=O)CCOCCOCCNC(=O)N1CCN(C(=O)Oc2ccc(C[C@H](NC(=O)C3N(S(=O)(=O)c4cccnc4)CSC3(C)C)C(=O)O)cc2)CC1. The predicted molar refractivity (Wildman–Crippen MR) is 457 cm³/mol. The van der Waals surface area contributed by atoms with Gasteiger partial charge in [-0.3, -0.25) is 29.1 Å². The average molecular weight is 1830 g/mol. The van der Waals surface area contributed by atoms with Crippen LogP contribution in [0.2, 0.25) is 0 Å². The summed E-state index contributed by atoms with van der Waals surface area (Å²) in [6.45, 7) is 19.6. The zero-order valence-corrected chi connectivity index (χ0v) is 74.7. The number of carboxylic acids is 2. The molecular formula is C81H118N14O26S4. The predicted octanol–water partition coefficient (Wildman–Crippen LogP) is 3.09. The molecule has 4 saturated heterocycles. The summed E-state index contributed by atoms with van der Waals surface area (Å²) in [7, 11) is -8.27. The number of carbonyl (C=O) groups excluding carboxylic acids is 8. The Morgan fingerprint density at radius 2 is 0.784 bits per heavy atom. The monoisotopic (exact) mass is 1830 g/mol. The maximum absolute atomic E-state index is 13.7. The van der Waals surface area contributed by atoms with Crippen LogP contribution in [-0.4, -0.2) is 355 Å². The highest BCUT2D eigenvalue weighted by Gasteiger charge is 2.53. The van der Waals surface area contributed by atoms with Crippen molar-refractivity contribution in [3.8, 4) is 11.5 Å². The molecular weight excluding hydrogens is 1710 g/mol. The molecule has 0 aliphatic carbocycles. The number of pyridine rings is 2. The molecule has 4 atom stereocenters. The van der Waals surface area contributed by atoms with Crippen LogP contribution in [0.15, 0.2) is 107 Å². The number of carboxylic acid groups (broad SMARTS) is 2. The highest BCUT2D eigenvalue weighted by molar-refractivity contribution is 8.02. The normalized spacial score (nSPS) is 17.2. The minimum absolute atomic E-state index is 0.0171. The number of thioether (sulfide) groups is 2. The summed E-state index contributed by atoms with van der Waals surface area (Å²) in [6.07, 6.45) is 5.30. The number of benzene rings is 2. The van der Waals surface area contributed by atoms with Crippen molar-refractivity contribution in [2.75, 3.05) is 196 Å². The first-order chi connectivity index (χ1) is 59.7. The molecule has 44 heteroatoms. The quantitative estimate of drug-likeness (QED) is 0.0294. The zero-order valence-electron chi connectivity index (χ0n) is 71.4. The molecule has 2 unspecified atom stereocenters. The molecule has 0 radical (unpaired) electrons. The Kier molecular flexibility index (Phi) is 41.3. The van der Waals surface area contributed by atoms with E-state index in [2.05, 4.69) is 41.9 Å². The highest BCUT2D eigenvalue weighted by atomic mass is 32.2. The van der Waals surface area contributed by atoms with Gasteiger partial charge in [0.2, 0.25) is 43.7 Å². The third-order valence-corrected chi connectivity index (χ3v) is 26.7. The van der Waals surface area contributed by atoms with Gasteiger partial charge in [0.05, 0.1) is 104 Å². The van der Waals surface area contributed by atoms with Crippen molar-refractivity contribution in [1.29, 1.82) is 0 Å². The van der Waals surface area contributed by atoms with Crippen molar-refractivity contribution in [3.05, 3.63) is 109 Å². The lowest BCUT2D eigenvalue weighted by Crippen LogP contribution is -2.56. The Morgan fingerprint density at radius 1 is 0.448 bits per heavy atom. The number of aliphatic carboxylic acids is 2. The fraction of sp³-hybridized carbons (Fsp3) is 0.605. The van der Waals surface area contributed by atoms with Crippen molar-refractivity contribution in [2.45, 2.75) is 124 Å². The van der Waals surface area contributed by atoms with Crippen molar-refractivity contribution in [3.63, 3.8) is 0 Å². The van der Waals surface area contributed by atoms with Crippen molar-refractivity contribution in [1.82, 2.24) is 70.1 Å². The maximum Gasteiger partial charge on any atom is 0.415 e. The van der Waals surface area contributed by atoms with Crippen LogP contribution in [0.1, 0.15) is 78.4 Å². The number of ether oxygens (including phenoxy) is 10. The van der Waals surface area contributed by atoms with E-state index in [1.165, 1.54) is 107 Å². The standard InChI is InChI=1S/C81H118N14O26S4/c1-79(2,55-118-49-47-112-37-9-25-84-67(96)21-39-114-43-45-116-41-27-86-75(104)90-29-33-92(34-30-90)77(106)120-61-17-13-59(14-18-61)51-65(73(100)101)88-71(98)69-80(3,4)122-57-94(69)124(108,109)63-11-7-23-82-53-63)56-119-50-48-113-38-10-26-85-68(97)22-40-115-44-46-117-42-28-87-76(105)91-31-35-93(36-32-91)78(107)121-62-19-15-60(16-20-62)52-66(74(102)103)89-72(99)70-81(5,6)123-58-95(70)125(110,111)64-12-8-24-83-54-64/h7-8,11-20,23-24,53-54,65-66,69-70H,9-10,21-22,25-52,55-58H2,1-6H3,(H,84,96)(H,85,97)(H,86,104)(H,87,105)(H,88,98)(H,89,99)(H,100,101)(H,102,103)/t65-,66-,69?,70?/m0/s1. The number of amides is 10. The number of nitrogens with one attached hydrogen (secondary N) is 6. The summed E-state index contributed by atoms with van der Waals surface area (Å²) in [5, 5.41) is 36.5. The minimum atomic E-state index is -4.13. The number of carbonyl (C=O) groups is 10. The largest absolute Gasteiger partial charge is 0.480 e. The molecule has 8 rings (SSSR count). The number of urea groups is 2. The third kappa shape index (κ3) is 33.5. The van der Waals surface area contributed by atoms with Gasteiger partial charge in [0.1, 0.15) is 45.5 Å². The molecule has 0 bridgehead atoms. The van der Waals surface area contributed by atoms with E-state index in [4.69, 9.17) is 47.4 Å². The summed E-state index contributed by atoms with van der Waals surface area (Å²) >= 11 is 2.51. The van der Waals surface area contributed by atoms with Crippen LogP contribution < -0.4 is 41.4 Å². The van der Waals surface area contributed by atoms with Gasteiger partial charge in [-0.2, -0.15) is 8.61 Å².